The number of hydrogen-bond donors (Lipinski definition) is 1. The Morgan fingerprint density at radius 3 is 2.36 bits per heavy atom. The molecule has 0 aliphatic carbocycles. The first kappa shape index (κ1) is 30.3. The molecule has 0 aromatic heterocycles. The fourth-order valence-corrected chi connectivity index (χ4v) is 3.26. The number of nitrogens with zero attached hydrogens (tertiary/aromatic N) is 1. The second kappa shape index (κ2) is 16.0. The summed E-state index contributed by atoms with van der Waals surface area (Å²) in [6, 6.07) is 17.0. The summed E-state index contributed by atoms with van der Waals surface area (Å²) in [5, 5.41) is 9.24. The van der Waals surface area contributed by atoms with Gasteiger partial charge in [0, 0.05) is 19.2 Å². The highest BCUT2D eigenvalue weighted by molar-refractivity contribution is 6.00. The number of rotatable bonds is 8. The van der Waals surface area contributed by atoms with Crippen LogP contribution in [0.15, 0.2) is 54.6 Å². The summed E-state index contributed by atoms with van der Waals surface area (Å²) in [5.41, 5.74) is 2.75. The van der Waals surface area contributed by atoms with Gasteiger partial charge in [-0.1, -0.05) is 70.2 Å². The van der Waals surface area contributed by atoms with E-state index >= 15 is 0 Å². The molecule has 2 aromatic carbocycles. The second-order valence-corrected chi connectivity index (χ2v) is 7.79. The molecule has 1 N–H and O–H groups in total. The van der Waals surface area contributed by atoms with Gasteiger partial charge in [0.05, 0.1) is 6.61 Å². The van der Waals surface area contributed by atoms with E-state index in [1.54, 1.807) is 6.07 Å². The number of aliphatic carboxylic acids is 1. The molecule has 1 heterocycles. The van der Waals surface area contributed by atoms with E-state index in [0.717, 1.165) is 18.1 Å². The van der Waals surface area contributed by atoms with Crippen molar-refractivity contribution in [3.05, 3.63) is 65.7 Å². The Kier molecular flexibility index (Phi) is 13.5. The number of ether oxygens (including phenoxy) is 3. The molecule has 0 radical (unpaired) electrons. The van der Waals surface area contributed by atoms with Crippen LogP contribution in [-0.4, -0.2) is 54.8 Å². The third-order valence-corrected chi connectivity index (χ3v) is 4.94. The van der Waals surface area contributed by atoms with Crippen molar-refractivity contribution in [3.63, 3.8) is 0 Å². The van der Waals surface area contributed by atoms with Gasteiger partial charge in [0.2, 0.25) is 6.10 Å². The van der Waals surface area contributed by atoms with Gasteiger partial charge >= 0.3 is 11.9 Å². The first-order chi connectivity index (χ1) is 17.2. The standard InChI is InChI=1S/C17H21NO6.C8H8O2.C2H6/c1-10(2)12-5-4-6-13(9-12)18-7-8-23-14(16(18)20)15(17(21)22)24-11(3)19;9-7-10-6-8-4-2-1-3-5-8;1-2/h4-6,9-10,14-15H,7-8H2,1-3H3,(H,21,22);1-5,7H,6H2;1-2H3/t14-,15-;;/m1../s1. The number of esters is 1. The molecule has 1 fully saturated rings. The molecule has 36 heavy (non-hydrogen) atoms. The molecule has 2 aromatic rings. The number of carbonyl (C=O) groups excluding carboxylic acids is 3. The predicted octanol–water partition coefficient (Wildman–Crippen LogP) is 3.94. The van der Waals surface area contributed by atoms with Crippen molar-refractivity contribution >= 4 is 30.0 Å². The Morgan fingerprint density at radius 1 is 1.14 bits per heavy atom. The van der Waals surface area contributed by atoms with Crippen LogP contribution in [0.3, 0.4) is 0 Å². The van der Waals surface area contributed by atoms with Crippen molar-refractivity contribution in [2.24, 2.45) is 0 Å². The number of carboxylic acid groups (broad SMARTS) is 1. The van der Waals surface area contributed by atoms with Gasteiger partial charge in [-0.15, -0.1) is 0 Å². The van der Waals surface area contributed by atoms with Crippen molar-refractivity contribution in [2.75, 3.05) is 18.1 Å². The van der Waals surface area contributed by atoms with Gasteiger partial charge in [0.25, 0.3) is 12.4 Å². The summed E-state index contributed by atoms with van der Waals surface area (Å²) in [4.78, 5) is 46.4. The molecule has 0 spiro atoms. The molecule has 1 saturated heterocycles. The Balaban J connectivity index is 0.000000450. The Bertz CT molecular complexity index is 977. The fourth-order valence-electron chi connectivity index (χ4n) is 3.26. The van der Waals surface area contributed by atoms with Crippen molar-refractivity contribution in [1.82, 2.24) is 0 Å². The molecular formula is C27H35NO8. The van der Waals surface area contributed by atoms with Crippen LogP contribution in [0.1, 0.15) is 51.7 Å². The molecular weight excluding hydrogens is 466 g/mol. The number of benzene rings is 2. The zero-order chi connectivity index (χ0) is 27.1. The Labute approximate surface area is 212 Å². The first-order valence-electron chi connectivity index (χ1n) is 11.8. The van der Waals surface area contributed by atoms with Gasteiger partial charge in [-0.2, -0.15) is 0 Å². The highest BCUT2D eigenvalue weighted by Crippen LogP contribution is 2.25. The smallest absolute Gasteiger partial charge is 0.348 e. The van der Waals surface area contributed by atoms with Gasteiger partial charge in [0.15, 0.2) is 6.10 Å². The Hall–Kier alpha value is -3.72. The molecule has 1 aliphatic rings. The van der Waals surface area contributed by atoms with Gasteiger partial charge in [-0.3, -0.25) is 14.4 Å². The first-order valence-corrected chi connectivity index (χ1v) is 11.8. The van der Waals surface area contributed by atoms with Gasteiger partial charge < -0.3 is 24.2 Å². The topological polar surface area (TPSA) is 119 Å². The third kappa shape index (κ3) is 9.50. The molecule has 9 nitrogen and oxygen atoms in total. The zero-order valence-corrected chi connectivity index (χ0v) is 21.4. The lowest BCUT2D eigenvalue weighted by molar-refractivity contribution is -0.177. The fraction of sp³-hybridized carbons (Fsp3) is 0.407. The summed E-state index contributed by atoms with van der Waals surface area (Å²) in [7, 11) is 0. The lowest BCUT2D eigenvalue weighted by Gasteiger charge is -2.34. The van der Waals surface area contributed by atoms with Crippen LogP contribution in [-0.2, 0) is 40.0 Å². The maximum atomic E-state index is 12.7. The number of anilines is 1. The summed E-state index contributed by atoms with van der Waals surface area (Å²) in [5.74, 6) is -2.43. The van der Waals surface area contributed by atoms with Gasteiger partial charge in [-0.25, -0.2) is 4.79 Å². The molecule has 3 rings (SSSR count). The van der Waals surface area contributed by atoms with Gasteiger partial charge in [0.1, 0.15) is 6.61 Å². The van der Waals surface area contributed by atoms with Crippen LogP contribution < -0.4 is 4.90 Å². The van der Waals surface area contributed by atoms with Crippen LogP contribution in [0.25, 0.3) is 0 Å². The highest BCUT2D eigenvalue weighted by Gasteiger charge is 2.42. The average Bonchev–Trinajstić information content (AvgIpc) is 2.88. The van der Waals surface area contributed by atoms with E-state index in [4.69, 9.17) is 9.47 Å². The molecule has 9 heteroatoms. The third-order valence-electron chi connectivity index (χ3n) is 4.94. The minimum absolute atomic E-state index is 0.160. The number of hydrogen-bond acceptors (Lipinski definition) is 7. The number of carbonyl (C=O) groups is 4. The largest absolute Gasteiger partial charge is 0.478 e. The minimum Gasteiger partial charge on any atom is -0.478 e. The molecule has 1 amide bonds. The van der Waals surface area contributed by atoms with Crippen LogP contribution in [0.2, 0.25) is 0 Å². The quantitative estimate of drug-likeness (QED) is 0.427. The maximum Gasteiger partial charge on any atom is 0.348 e. The van der Waals surface area contributed by atoms with Crippen LogP contribution in [0.4, 0.5) is 5.69 Å². The molecule has 196 valence electrons. The van der Waals surface area contributed by atoms with E-state index in [1.165, 1.54) is 4.90 Å². The summed E-state index contributed by atoms with van der Waals surface area (Å²) >= 11 is 0. The molecule has 1 aliphatic heterocycles. The van der Waals surface area contributed by atoms with Gasteiger partial charge in [-0.05, 0) is 29.2 Å². The maximum absolute atomic E-state index is 12.7. The van der Waals surface area contributed by atoms with E-state index in [2.05, 4.69) is 4.74 Å². The minimum atomic E-state index is -1.66. The summed E-state index contributed by atoms with van der Waals surface area (Å²) in [6.07, 6.45) is -3.02. The van der Waals surface area contributed by atoms with Crippen LogP contribution in [0, 0.1) is 0 Å². The number of morpholine rings is 1. The predicted molar refractivity (Wildman–Crippen MR) is 134 cm³/mol. The molecule has 0 saturated carbocycles. The van der Waals surface area contributed by atoms with Crippen LogP contribution in [0.5, 0.6) is 0 Å². The van der Waals surface area contributed by atoms with Crippen molar-refractivity contribution < 1.29 is 38.5 Å². The van der Waals surface area contributed by atoms with Crippen LogP contribution >= 0.6 is 0 Å². The number of carboxylic acids is 1. The number of amides is 1. The SMILES string of the molecule is CC.CC(=O)O[C@@H](C(=O)O)[C@H]1OCCN(c2cccc(C(C)C)c2)C1=O.O=COCc1ccccc1. The molecule has 2 atom stereocenters. The van der Waals surface area contributed by atoms with E-state index in [0.29, 0.717) is 31.2 Å². The molecule has 0 bridgehead atoms. The van der Waals surface area contributed by atoms with E-state index in [1.807, 2.05) is 76.2 Å². The summed E-state index contributed by atoms with van der Waals surface area (Å²) < 4.78 is 14.6. The average molecular weight is 502 g/mol. The molecule has 0 unspecified atom stereocenters. The zero-order valence-electron chi connectivity index (χ0n) is 21.4. The van der Waals surface area contributed by atoms with Crippen molar-refractivity contribution in [1.29, 1.82) is 0 Å². The van der Waals surface area contributed by atoms with E-state index in [-0.39, 0.29) is 6.61 Å². The lowest BCUT2D eigenvalue weighted by atomic mass is 10.0. The van der Waals surface area contributed by atoms with Crippen molar-refractivity contribution in [3.8, 4) is 0 Å². The second-order valence-electron chi connectivity index (χ2n) is 7.79. The van der Waals surface area contributed by atoms with E-state index < -0.39 is 30.1 Å². The Morgan fingerprint density at radius 2 is 1.81 bits per heavy atom. The monoisotopic (exact) mass is 501 g/mol. The normalized spacial score (nSPS) is 15.4. The van der Waals surface area contributed by atoms with Crippen molar-refractivity contribution in [2.45, 2.75) is 59.4 Å². The lowest BCUT2D eigenvalue weighted by Crippen LogP contribution is -2.55. The summed E-state index contributed by atoms with van der Waals surface area (Å²) in [6.45, 7) is 10.5. The highest BCUT2D eigenvalue weighted by atomic mass is 16.6. The van der Waals surface area contributed by atoms with E-state index in [9.17, 15) is 24.3 Å².